The average Bonchev–Trinajstić information content (AvgIpc) is 1.91. The highest BCUT2D eigenvalue weighted by Gasteiger charge is 1.78. The number of benzene rings is 1. The SMILES string of the molecule is C[CH-]Cc1ccccc1. The van der Waals surface area contributed by atoms with E-state index in [1.165, 1.54) is 5.56 Å². The molecule has 0 amide bonds. The van der Waals surface area contributed by atoms with E-state index >= 15 is 0 Å². The van der Waals surface area contributed by atoms with E-state index in [0.717, 1.165) is 6.42 Å². The maximum absolute atomic E-state index is 2.16. The van der Waals surface area contributed by atoms with Crippen molar-refractivity contribution >= 4 is 0 Å². The minimum Gasteiger partial charge on any atom is -0.327 e. The molecule has 1 rings (SSSR count). The minimum atomic E-state index is 1.08. The van der Waals surface area contributed by atoms with Crippen LogP contribution in [0.1, 0.15) is 12.5 Å². The van der Waals surface area contributed by atoms with Gasteiger partial charge in [-0.2, -0.15) is 13.3 Å². The molecule has 0 aliphatic heterocycles. The van der Waals surface area contributed by atoms with Gasteiger partial charge in [0, 0.05) is 0 Å². The van der Waals surface area contributed by atoms with Crippen LogP contribution in [0.3, 0.4) is 0 Å². The summed E-state index contributed by atoms with van der Waals surface area (Å²) in [7, 11) is 0. The summed E-state index contributed by atoms with van der Waals surface area (Å²) < 4.78 is 0. The molecule has 0 saturated heterocycles. The molecule has 1 aromatic carbocycles. The Bertz CT molecular complexity index is 153. The van der Waals surface area contributed by atoms with E-state index in [1.807, 2.05) is 6.07 Å². The number of rotatable bonds is 2. The monoisotopic (exact) mass is 119 g/mol. The summed E-state index contributed by atoms with van der Waals surface area (Å²) in [5, 5.41) is 0. The van der Waals surface area contributed by atoms with Gasteiger partial charge in [-0.15, -0.1) is 0 Å². The molecule has 0 unspecified atom stereocenters. The topological polar surface area (TPSA) is 0 Å². The molecular weight excluding hydrogens is 108 g/mol. The van der Waals surface area contributed by atoms with Gasteiger partial charge >= 0.3 is 0 Å². The second kappa shape index (κ2) is 3.29. The maximum Gasteiger partial charge on any atom is -0.0616 e. The zero-order valence-corrected chi connectivity index (χ0v) is 5.67. The fourth-order valence-electron chi connectivity index (χ4n) is 0.850. The summed E-state index contributed by atoms with van der Waals surface area (Å²) in [6, 6.07) is 10.5. The third-order valence-corrected chi connectivity index (χ3v) is 1.28. The highest BCUT2D eigenvalue weighted by molar-refractivity contribution is 5.15. The van der Waals surface area contributed by atoms with Crippen LogP contribution in [0.2, 0.25) is 0 Å². The second-order valence-electron chi connectivity index (χ2n) is 2.10. The zero-order valence-electron chi connectivity index (χ0n) is 5.67. The van der Waals surface area contributed by atoms with E-state index in [4.69, 9.17) is 0 Å². The first-order valence-electron chi connectivity index (χ1n) is 3.25. The van der Waals surface area contributed by atoms with Crippen molar-refractivity contribution in [3.63, 3.8) is 0 Å². The van der Waals surface area contributed by atoms with Gasteiger partial charge in [0.05, 0.1) is 0 Å². The predicted octanol–water partition coefficient (Wildman–Crippen LogP) is 2.45. The van der Waals surface area contributed by atoms with Crippen LogP contribution in [-0.4, -0.2) is 0 Å². The summed E-state index contributed by atoms with van der Waals surface area (Å²) in [5.74, 6) is 0. The van der Waals surface area contributed by atoms with Gasteiger partial charge in [-0.3, -0.25) is 0 Å². The molecule has 0 aromatic heterocycles. The average molecular weight is 119 g/mol. The molecule has 0 aliphatic rings. The summed E-state index contributed by atoms with van der Waals surface area (Å²) in [5.41, 5.74) is 1.39. The molecule has 9 heavy (non-hydrogen) atoms. The summed E-state index contributed by atoms with van der Waals surface area (Å²) in [6.07, 6.45) is 3.25. The fraction of sp³-hybridized carbons (Fsp3) is 0.222. The Morgan fingerprint density at radius 3 is 2.44 bits per heavy atom. The van der Waals surface area contributed by atoms with Gasteiger partial charge in [0.2, 0.25) is 0 Å². The quantitative estimate of drug-likeness (QED) is 0.524. The highest BCUT2D eigenvalue weighted by atomic mass is 13.9. The lowest BCUT2D eigenvalue weighted by Gasteiger charge is -2.02. The molecular formula is C9H11-. The standard InChI is InChI=1S/C9H11/c1-2-6-9-7-4-3-5-8-9/h2-5,7-8H,6H2,1H3/q-1. The molecule has 0 heterocycles. The van der Waals surface area contributed by atoms with Crippen molar-refractivity contribution in [2.75, 3.05) is 0 Å². The van der Waals surface area contributed by atoms with Crippen molar-refractivity contribution in [1.29, 1.82) is 0 Å². The molecule has 0 radical (unpaired) electrons. The number of hydrogen-bond donors (Lipinski definition) is 0. The van der Waals surface area contributed by atoms with Gasteiger partial charge < -0.3 is 6.42 Å². The van der Waals surface area contributed by atoms with E-state index in [2.05, 4.69) is 37.6 Å². The summed E-state index contributed by atoms with van der Waals surface area (Å²) in [6.45, 7) is 2.08. The lowest BCUT2D eigenvalue weighted by Crippen LogP contribution is -1.79. The first kappa shape index (κ1) is 6.34. The van der Waals surface area contributed by atoms with Crippen LogP contribution in [0.4, 0.5) is 0 Å². The van der Waals surface area contributed by atoms with E-state index < -0.39 is 0 Å². The Kier molecular flexibility index (Phi) is 2.32. The van der Waals surface area contributed by atoms with Crippen LogP contribution in [0.25, 0.3) is 0 Å². The van der Waals surface area contributed by atoms with Crippen molar-refractivity contribution in [3.05, 3.63) is 42.3 Å². The van der Waals surface area contributed by atoms with Gasteiger partial charge in [-0.25, -0.2) is 0 Å². The Morgan fingerprint density at radius 1 is 1.22 bits per heavy atom. The molecule has 0 fully saturated rings. The van der Waals surface area contributed by atoms with Crippen LogP contribution < -0.4 is 0 Å². The third-order valence-electron chi connectivity index (χ3n) is 1.28. The zero-order chi connectivity index (χ0) is 6.53. The van der Waals surface area contributed by atoms with Crippen molar-refractivity contribution in [2.45, 2.75) is 13.3 Å². The lowest BCUT2D eigenvalue weighted by atomic mass is 10.1. The lowest BCUT2D eigenvalue weighted by molar-refractivity contribution is 1.14. The Balaban J connectivity index is 2.61. The third kappa shape index (κ3) is 1.88. The van der Waals surface area contributed by atoms with Crippen LogP contribution >= 0.6 is 0 Å². The summed E-state index contributed by atoms with van der Waals surface area (Å²) >= 11 is 0. The van der Waals surface area contributed by atoms with Crippen LogP contribution in [0.5, 0.6) is 0 Å². The Morgan fingerprint density at radius 2 is 1.89 bits per heavy atom. The van der Waals surface area contributed by atoms with E-state index in [-0.39, 0.29) is 0 Å². The molecule has 0 heteroatoms. The van der Waals surface area contributed by atoms with E-state index in [1.54, 1.807) is 0 Å². The molecule has 0 aliphatic carbocycles. The van der Waals surface area contributed by atoms with Crippen molar-refractivity contribution < 1.29 is 0 Å². The van der Waals surface area contributed by atoms with Gasteiger partial charge in [-0.05, 0) is 0 Å². The molecule has 0 spiro atoms. The van der Waals surface area contributed by atoms with Gasteiger partial charge in [0.25, 0.3) is 0 Å². The van der Waals surface area contributed by atoms with Crippen molar-refractivity contribution in [3.8, 4) is 0 Å². The van der Waals surface area contributed by atoms with Gasteiger partial charge in [0.15, 0.2) is 0 Å². The number of hydrogen-bond acceptors (Lipinski definition) is 0. The Labute approximate surface area is 56.5 Å². The van der Waals surface area contributed by atoms with Crippen LogP contribution in [0.15, 0.2) is 30.3 Å². The molecule has 0 bridgehead atoms. The first-order valence-corrected chi connectivity index (χ1v) is 3.25. The maximum atomic E-state index is 2.16. The molecule has 0 N–H and O–H groups in total. The molecule has 48 valence electrons. The van der Waals surface area contributed by atoms with E-state index in [9.17, 15) is 0 Å². The fourth-order valence-corrected chi connectivity index (χ4v) is 0.850. The van der Waals surface area contributed by atoms with E-state index in [0.29, 0.717) is 0 Å². The minimum absolute atomic E-state index is 1.08. The van der Waals surface area contributed by atoms with Crippen LogP contribution in [0, 0.1) is 6.42 Å². The Hall–Kier alpha value is -0.780. The van der Waals surface area contributed by atoms with Gasteiger partial charge in [-0.1, -0.05) is 35.9 Å². The smallest absolute Gasteiger partial charge is 0.0616 e. The molecule has 0 nitrogen and oxygen atoms in total. The predicted molar refractivity (Wildman–Crippen MR) is 40.1 cm³/mol. The molecule has 0 saturated carbocycles. The molecule has 0 atom stereocenters. The van der Waals surface area contributed by atoms with Crippen molar-refractivity contribution in [1.82, 2.24) is 0 Å². The largest absolute Gasteiger partial charge is 0.327 e. The normalized spacial score (nSPS) is 9.44. The second-order valence-corrected chi connectivity index (χ2v) is 2.10. The first-order chi connectivity index (χ1) is 4.43. The van der Waals surface area contributed by atoms with Crippen molar-refractivity contribution in [2.24, 2.45) is 0 Å². The van der Waals surface area contributed by atoms with Gasteiger partial charge in [0.1, 0.15) is 0 Å². The highest BCUT2D eigenvalue weighted by Crippen LogP contribution is 1.99. The summed E-state index contributed by atoms with van der Waals surface area (Å²) in [4.78, 5) is 0. The molecule has 1 aromatic rings. The van der Waals surface area contributed by atoms with Crippen LogP contribution in [-0.2, 0) is 6.42 Å².